The van der Waals surface area contributed by atoms with Crippen molar-refractivity contribution < 1.29 is 23.9 Å². The van der Waals surface area contributed by atoms with Crippen LogP contribution in [0, 0.1) is 0 Å². The van der Waals surface area contributed by atoms with E-state index >= 15 is 0 Å². The number of amides is 3. The van der Waals surface area contributed by atoms with Crippen LogP contribution in [0.25, 0.3) is 6.08 Å². The number of hydrogen-bond donors (Lipinski definition) is 0. The number of imide groups is 1. The maximum Gasteiger partial charge on any atom is 0.294 e. The first-order chi connectivity index (χ1) is 17.9. The van der Waals surface area contributed by atoms with E-state index in [-0.39, 0.29) is 24.0 Å². The van der Waals surface area contributed by atoms with Crippen molar-refractivity contribution in [2.45, 2.75) is 39.2 Å². The van der Waals surface area contributed by atoms with E-state index in [0.717, 1.165) is 47.9 Å². The molecule has 0 aliphatic carbocycles. The van der Waals surface area contributed by atoms with E-state index in [1.807, 2.05) is 25.1 Å². The van der Waals surface area contributed by atoms with Crippen LogP contribution in [-0.4, -0.2) is 53.1 Å². The molecule has 0 N–H and O–H groups in total. The first-order valence-electron chi connectivity index (χ1n) is 12.2. The Kier molecular flexibility index (Phi) is 9.56. The minimum atomic E-state index is -0.466. The summed E-state index contributed by atoms with van der Waals surface area (Å²) >= 11 is 10.6. The van der Waals surface area contributed by atoms with Gasteiger partial charge in [-0.3, -0.25) is 19.3 Å². The lowest BCUT2D eigenvalue weighted by Gasteiger charge is -2.22. The summed E-state index contributed by atoms with van der Waals surface area (Å²) in [5.41, 5.74) is 1.50. The van der Waals surface area contributed by atoms with Gasteiger partial charge in [-0.25, -0.2) is 0 Å². The van der Waals surface area contributed by atoms with Gasteiger partial charge in [0.25, 0.3) is 11.1 Å². The second-order valence-corrected chi connectivity index (χ2v) is 11.0. The Morgan fingerprint density at radius 3 is 2.54 bits per heavy atom. The molecule has 0 bridgehead atoms. The maximum absolute atomic E-state index is 13.0. The minimum Gasteiger partial charge on any atom is -0.490 e. The number of likely N-dealkylation sites (tertiary alicyclic amines) is 1. The second-order valence-electron chi connectivity index (χ2n) is 8.71. The van der Waals surface area contributed by atoms with Gasteiger partial charge in [-0.15, -0.1) is 0 Å². The summed E-state index contributed by atoms with van der Waals surface area (Å²) in [5.74, 6) is 0.346. The number of carbonyl (C=O) groups is 3. The fourth-order valence-corrected chi connectivity index (χ4v) is 5.79. The number of halogens is 2. The smallest absolute Gasteiger partial charge is 0.294 e. The molecule has 2 aromatic rings. The van der Waals surface area contributed by atoms with E-state index in [1.165, 1.54) is 0 Å². The van der Waals surface area contributed by atoms with Crippen LogP contribution in [-0.2, 0) is 16.2 Å². The largest absolute Gasteiger partial charge is 0.490 e. The highest BCUT2D eigenvalue weighted by Crippen LogP contribution is 2.40. The van der Waals surface area contributed by atoms with Crippen LogP contribution >= 0.6 is 39.3 Å². The zero-order chi connectivity index (χ0) is 26.4. The van der Waals surface area contributed by atoms with Crippen molar-refractivity contribution in [2.24, 2.45) is 0 Å². The molecule has 0 aromatic heterocycles. The number of benzene rings is 2. The Hall–Kier alpha value is -2.49. The quantitative estimate of drug-likeness (QED) is 0.318. The first kappa shape index (κ1) is 27.5. The van der Waals surface area contributed by atoms with Gasteiger partial charge in [-0.05, 0) is 77.3 Å². The van der Waals surface area contributed by atoms with Crippen molar-refractivity contribution in [1.29, 1.82) is 0 Å². The zero-order valence-corrected chi connectivity index (χ0v) is 23.7. The molecule has 7 nitrogen and oxygen atoms in total. The minimum absolute atomic E-state index is 0.188. The van der Waals surface area contributed by atoms with Gasteiger partial charge in [-0.2, -0.15) is 0 Å². The highest BCUT2D eigenvalue weighted by atomic mass is 79.9. The summed E-state index contributed by atoms with van der Waals surface area (Å²) in [7, 11) is 0. The van der Waals surface area contributed by atoms with E-state index in [9.17, 15) is 14.4 Å². The van der Waals surface area contributed by atoms with Crippen LogP contribution in [0.5, 0.6) is 11.5 Å². The second kappa shape index (κ2) is 12.8. The van der Waals surface area contributed by atoms with Gasteiger partial charge in [0.1, 0.15) is 13.2 Å². The molecule has 2 aliphatic rings. The monoisotopic (exact) mass is 606 g/mol. The van der Waals surface area contributed by atoms with Gasteiger partial charge in [0.05, 0.1) is 16.0 Å². The molecular formula is C27H28BrClN2O5S. The Labute approximate surface area is 234 Å². The Morgan fingerprint density at radius 1 is 1.11 bits per heavy atom. The molecule has 2 saturated heterocycles. The average Bonchev–Trinajstić information content (AvgIpc) is 3.05. The van der Waals surface area contributed by atoms with Gasteiger partial charge in [0.15, 0.2) is 11.5 Å². The van der Waals surface area contributed by atoms with Gasteiger partial charge in [0.2, 0.25) is 5.91 Å². The molecule has 0 spiro atoms. The van der Waals surface area contributed by atoms with E-state index in [4.69, 9.17) is 21.1 Å². The summed E-state index contributed by atoms with van der Waals surface area (Å²) < 4.78 is 12.5. The molecule has 2 fully saturated rings. The van der Waals surface area contributed by atoms with Crippen molar-refractivity contribution in [1.82, 2.24) is 9.80 Å². The standard InChI is InChI=1S/C27H28BrClN2O5S/c1-2-35-22-14-18(13-20(28)25(22)36-17-19-9-5-6-10-21(19)29)15-23-26(33)31(27(34)37-23)16-24(32)30-11-7-3-4-8-12-30/h5-6,9-10,13-15H,2-4,7-8,11-12,16-17H2,1H3. The summed E-state index contributed by atoms with van der Waals surface area (Å²) in [6.45, 7) is 3.64. The highest BCUT2D eigenvalue weighted by Gasteiger charge is 2.37. The third-order valence-corrected chi connectivity index (χ3v) is 7.95. The normalized spacial score (nSPS) is 17.3. The number of hydrogen-bond acceptors (Lipinski definition) is 6. The molecule has 0 radical (unpaired) electrons. The van der Waals surface area contributed by atoms with Crippen LogP contribution in [0.15, 0.2) is 45.8 Å². The number of rotatable bonds is 8. The van der Waals surface area contributed by atoms with E-state index in [0.29, 0.717) is 46.3 Å². The summed E-state index contributed by atoms with van der Waals surface area (Å²) in [5, 5.41) is 0.168. The van der Waals surface area contributed by atoms with Crippen molar-refractivity contribution in [3.8, 4) is 11.5 Å². The molecule has 0 unspecified atom stereocenters. The van der Waals surface area contributed by atoms with E-state index in [1.54, 1.807) is 29.2 Å². The third kappa shape index (κ3) is 6.89. The molecule has 2 aliphatic heterocycles. The van der Waals surface area contributed by atoms with Gasteiger partial charge in [-0.1, -0.05) is 42.6 Å². The number of ether oxygens (including phenoxy) is 2. The number of nitrogens with zero attached hydrogens (tertiary/aromatic N) is 2. The summed E-state index contributed by atoms with van der Waals surface area (Å²) in [6, 6.07) is 11.0. The molecule has 37 heavy (non-hydrogen) atoms. The number of thioether (sulfide) groups is 1. The lowest BCUT2D eigenvalue weighted by atomic mass is 10.1. The van der Waals surface area contributed by atoms with E-state index in [2.05, 4.69) is 15.9 Å². The summed E-state index contributed by atoms with van der Waals surface area (Å²) in [6.07, 6.45) is 5.71. The fraction of sp³-hybridized carbons (Fsp3) is 0.370. The molecule has 10 heteroatoms. The molecule has 0 saturated carbocycles. The lowest BCUT2D eigenvalue weighted by Crippen LogP contribution is -2.42. The topological polar surface area (TPSA) is 76.2 Å². The SMILES string of the molecule is CCOc1cc(C=C2SC(=O)N(CC(=O)N3CCCCCC3)C2=O)cc(Br)c1OCc1ccccc1Cl. The zero-order valence-electron chi connectivity index (χ0n) is 20.5. The first-order valence-corrected chi connectivity index (χ1v) is 14.2. The Morgan fingerprint density at radius 2 is 1.84 bits per heavy atom. The predicted octanol–water partition coefficient (Wildman–Crippen LogP) is 6.52. The van der Waals surface area contributed by atoms with Crippen molar-refractivity contribution in [3.63, 3.8) is 0 Å². The Balaban J connectivity index is 1.50. The van der Waals surface area contributed by atoms with E-state index < -0.39 is 11.1 Å². The van der Waals surface area contributed by atoms with Crippen molar-refractivity contribution >= 4 is 62.4 Å². The molecule has 4 rings (SSSR count). The van der Waals surface area contributed by atoms with Crippen LogP contribution in [0.3, 0.4) is 0 Å². The Bertz CT molecular complexity index is 1210. The van der Waals surface area contributed by atoms with Crippen LogP contribution in [0.2, 0.25) is 5.02 Å². The molecule has 3 amide bonds. The molecule has 2 aromatic carbocycles. The molecular weight excluding hydrogens is 580 g/mol. The van der Waals surface area contributed by atoms with Crippen LogP contribution < -0.4 is 9.47 Å². The van der Waals surface area contributed by atoms with Gasteiger partial charge in [0, 0.05) is 23.7 Å². The van der Waals surface area contributed by atoms with Crippen molar-refractivity contribution in [3.05, 3.63) is 61.9 Å². The average molecular weight is 608 g/mol. The molecule has 196 valence electrons. The van der Waals surface area contributed by atoms with Crippen LogP contribution in [0.4, 0.5) is 4.79 Å². The van der Waals surface area contributed by atoms with Gasteiger partial charge < -0.3 is 14.4 Å². The molecule has 0 atom stereocenters. The summed E-state index contributed by atoms with van der Waals surface area (Å²) in [4.78, 5) is 41.4. The lowest BCUT2D eigenvalue weighted by molar-refractivity contribution is -0.135. The predicted molar refractivity (Wildman–Crippen MR) is 149 cm³/mol. The fourth-order valence-electron chi connectivity index (χ4n) is 4.18. The number of carbonyl (C=O) groups excluding carboxylic acids is 3. The van der Waals surface area contributed by atoms with Crippen LogP contribution in [0.1, 0.15) is 43.7 Å². The molecule has 2 heterocycles. The maximum atomic E-state index is 13.0. The van der Waals surface area contributed by atoms with Crippen molar-refractivity contribution in [2.75, 3.05) is 26.2 Å². The third-order valence-electron chi connectivity index (χ3n) is 6.09. The van der Waals surface area contributed by atoms with Gasteiger partial charge >= 0.3 is 0 Å². The highest BCUT2D eigenvalue weighted by molar-refractivity contribution is 9.10.